The summed E-state index contributed by atoms with van der Waals surface area (Å²) in [5.74, 6) is -1.97. The molecule has 8 heteroatoms. The lowest BCUT2D eigenvalue weighted by atomic mass is 10.2. The minimum atomic E-state index is -0.800. The van der Waals surface area contributed by atoms with E-state index in [-0.39, 0.29) is 11.3 Å². The Bertz CT molecular complexity index is 786. The second-order valence-corrected chi connectivity index (χ2v) is 5.14. The van der Waals surface area contributed by atoms with Crippen LogP contribution in [0.4, 0.5) is 10.1 Å². The molecule has 0 unspecified atom stereocenters. The maximum atomic E-state index is 13.6. The van der Waals surface area contributed by atoms with Gasteiger partial charge in [-0.15, -0.1) is 0 Å². The van der Waals surface area contributed by atoms with Crippen molar-refractivity contribution in [2.75, 3.05) is 19.0 Å². The summed E-state index contributed by atoms with van der Waals surface area (Å²) in [6.07, 6.45) is 0. The van der Waals surface area contributed by atoms with E-state index in [0.29, 0.717) is 11.4 Å². The van der Waals surface area contributed by atoms with E-state index in [2.05, 4.69) is 10.4 Å². The van der Waals surface area contributed by atoms with Crippen LogP contribution in [0.15, 0.2) is 18.2 Å². The van der Waals surface area contributed by atoms with Gasteiger partial charge in [0.15, 0.2) is 18.2 Å². The number of aryl methyl sites for hydroxylation is 2. The molecule has 2 aromatic rings. The van der Waals surface area contributed by atoms with E-state index in [0.717, 1.165) is 11.8 Å². The van der Waals surface area contributed by atoms with Crippen LogP contribution in [0.2, 0.25) is 0 Å². The van der Waals surface area contributed by atoms with Crippen LogP contribution < -0.4 is 10.1 Å². The number of hydrogen-bond acceptors (Lipinski definition) is 5. The van der Waals surface area contributed by atoms with Crippen LogP contribution >= 0.6 is 0 Å². The normalized spacial score (nSPS) is 10.4. The highest BCUT2D eigenvalue weighted by Gasteiger charge is 2.16. The number of aromatic nitrogens is 2. The number of nitrogens with one attached hydrogen (secondary N) is 1. The first-order valence-corrected chi connectivity index (χ1v) is 7.14. The lowest BCUT2D eigenvalue weighted by Crippen LogP contribution is -2.21. The van der Waals surface area contributed by atoms with Crippen molar-refractivity contribution in [1.82, 2.24) is 9.78 Å². The average Bonchev–Trinajstić information content (AvgIpc) is 2.78. The predicted octanol–water partition coefficient (Wildman–Crippen LogP) is 1.98. The SMILES string of the molecule is COc1ccc(C(=O)OCC(=O)Nc2c(C)nn(C)c2C)cc1F. The van der Waals surface area contributed by atoms with Crippen molar-refractivity contribution in [2.24, 2.45) is 7.05 Å². The number of methoxy groups -OCH3 is 1. The topological polar surface area (TPSA) is 82.4 Å². The molecule has 0 saturated carbocycles. The molecule has 0 aliphatic rings. The average molecular weight is 335 g/mol. The number of esters is 1. The highest BCUT2D eigenvalue weighted by molar-refractivity contribution is 5.96. The smallest absolute Gasteiger partial charge is 0.338 e. The summed E-state index contributed by atoms with van der Waals surface area (Å²) in [7, 11) is 3.08. The quantitative estimate of drug-likeness (QED) is 0.845. The minimum absolute atomic E-state index is 0.00478. The number of ether oxygens (including phenoxy) is 2. The van der Waals surface area contributed by atoms with Crippen LogP contribution in [-0.2, 0) is 16.6 Å². The molecule has 0 spiro atoms. The zero-order valence-corrected chi connectivity index (χ0v) is 13.8. The van der Waals surface area contributed by atoms with E-state index < -0.39 is 24.3 Å². The van der Waals surface area contributed by atoms with Gasteiger partial charge in [0.05, 0.1) is 29.7 Å². The predicted molar refractivity (Wildman–Crippen MR) is 84.5 cm³/mol. The minimum Gasteiger partial charge on any atom is -0.494 e. The van der Waals surface area contributed by atoms with Gasteiger partial charge in [-0.05, 0) is 32.0 Å². The van der Waals surface area contributed by atoms with Gasteiger partial charge in [0, 0.05) is 7.05 Å². The molecule has 1 heterocycles. The third-order valence-corrected chi connectivity index (χ3v) is 3.50. The van der Waals surface area contributed by atoms with E-state index in [1.807, 2.05) is 6.92 Å². The van der Waals surface area contributed by atoms with Crippen molar-refractivity contribution in [3.8, 4) is 5.75 Å². The number of nitrogens with zero attached hydrogens (tertiary/aromatic N) is 2. The summed E-state index contributed by atoms with van der Waals surface area (Å²) in [6.45, 7) is 3.08. The highest BCUT2D eigenvalue weighted by atomic mass is 19.1. The maximum Gasteiger partial charge on any atom is 0.338 e. The number of carbonyl (C=O) groups is 2. The van der Waals surface area contributed by atoms with Crippen molar-refractivity contribution in [2.45, 2.75) is 13.8 Å². The summed E-state index contributed by atoms with van der Waals surface area (Å²) < 4.78 is 24.9. The van der Waals surface area contributed by atoms with Gasteiger partial charge >= 0.3 is 5.97 Å². The van der Waals surface area contributed by atoms with Crippen LogP contribution in [0.3, 0.4) is 0 Å². The van der Waals surface area contributed by atoms with Crippen LogP contribution in [-0.4, -0.2) is 35.4 Å². The van der Waals surface area contributed by atoms with Crippen molar-refractivity contribution < 1.29 is 23.5 Å². The van der Waals surface area contributed by atoms with Crippen molar-refractivity contribution >= 4 is 17.6 Å². The maximum absolute atomic E-state index is 13.6. The largest absolute Gasteiger partial charge is 0.494 e. The van der Waals surface area contributed by atoms with Gasteiger partial charge in [0.1, 0.15) is 0 Å². The molecular weight excluding hydrogens is 317 g/mol. The van der Waals surface area contributed by atoms with Crippen molar-refractivity contribution in [1.29, 1.82) is 0 Å². The van der Waals surface area contributed by atoms with E-state index in [1.54, 1.807) is 18.7 Å². The number of rotatable bonds is 5. The van der Waals surface area contributed by atoms with E-state index in [1.165, 1.54) is 19.2 Å². The Morgan fingerprint density at radius 2 is 2.04 bits per heavy atom. The molecule has 0 radical (unpaired) electrons. The summed E-state index contributed by atoms with van der Waals surface area (Å²) in [5.41, 5.74) is 2.01. The molecule has 128 valence electrons. The Hall–Kier alpha value is -2.90. The molecular formula is C16H18FN3O4. The monoisotopic (exact) mass is 335 g/mol. The number of benzene rings is 1. The molecule has 0 aliphatic heterocycles. The Kier molecular flexibility index (Phi) is 5.18. The van der Waals surface area contributed by atoms with Crippen LogP contribution in [0.5, 0.6) is 5.75 Å². The zero-order chi connectivity index (χ0) is 17.9. The highest BCUT2D eigenvalue weighted by Crippen LogP contribution is 2.19. The number of carbonyl (C=O) groups excluding carboxylic acids is 2. The molecule has 0 fully saturated rings. The van der Waals surface area contributed by atoms with Gasteiger partial charge < -0.3 is 14.8 Å². The third-order valence-electron chi connectivity index (χ3n) is 3.50. The second-order valence-electron chi connectivity index (χ2n) is 5.14. The number of anilines is 1. The molecule has 2 rings (SSSR count). The summed E-state index contributed by atoms with van der Waals surface area (Å²) in [6, 6.07) is 3.67. The summed E-state index contributed by atoms with van der Waals surface area (Å²) in [4.78, 5) is 23.8. The number of halogens is 1. The fourth-order valence-corrected chi connectivity index (χ4v) is 2.14. The van der Waals surface area contributed by atoms with E-state index in [9.17, 15) is 14.0 Å². The molecule has 0 atom stereocenters. The molecule has 7 nitrogen and oxygen atoms in total. The Morgan fingerprint density at radius 3 is 2.58 bits per heavy atom. The summed E-state index contributed by atoms with van der Waals surface area (Å²) >= 11 is 0. The zero-order valence-electron chi connectivity index (χ0n) is 13.8. The molecule has 1 aromatic heterocycles. The van der Waals surface area contributed by atoms with Gasteiger partial charge in [-0.2, -0.15) is 5.10 Å². The van der Waals surface area contributed by atoms with Crippen LogP contribution in [0, 0.1) is 19.7 Å². The van der Waals surface area contributed by atoms with Crippen LogP contribution in [0.1, 0.15) is 21.7 Å². The standard InChI is InChI=1S/C16H18FN3O4/c1-9-15(10(2)20(3)19-9)18-14(21)8-24-16(22)11-5-6-13(23-4)12(17)7-11/h5-7H,8H2,1-4H3,(H,18,21). The lowest BCUT2D eigenvalue weighted by Gasteiger charge is -2.08. The molecule has 1 aromatic carbocycles. The molecule has 0 saturated heterocycles. The first-order valence-electron chi connectivity index (χ1n) is 7.14. The van der Waals surface area contributed by atoms with Gasteiger partial charge in [0.2, 0.25) is 0 Å². The number of hydrogen-bond donors (Lipinski definition) is 1. The van der Waals surface area contributed by atoms with Crippen LogP contribution in [0.25, 0.3) is 0 Å². The Morgan fingerprint density at radius 1 is 1.33 bits per heavy atom. The van der Waals surface area contributed by atoms with E-state index in [4.69, 9.17) is 9.47 Å². The molecule has 0 aliphatic carbocycles. The molecule has 1 amide bonds. The first-order chi connectivity index (χ1) is 11.3. The van der Waals surface area contributed by atoms with Gasteiger partial charge in [-0.3, -0.25) is 9.48 Å². The van der Waals surface area contributed by atoms with E-state index >= 15 is 0 Å². The van der Waals surface area contributed by atoms with Gasteiger partial charge in [-0.1, -0.05) is 0 Å². The third kappa shape index (κ3) is 3.70. The van der Waals surface area contributed by atoms with Gasteiger partial charge in [-0.25, -0.2) is 9.18 Å². The molecule has 1 N–H and O–H groups in total. The Labute approximate surface area is 138 Å². The van der Waals surface area contributed by atoms with Crippen molar-refractivity contribution in [3.05, 3.63) is 41.0 Å². The fraction of sp³-hybridized carbons (Fsp3) is 0.312. The second kappa shape index (κ2) is 7.12. The molecule has 24 heavy (non-hydrogen) atoms. The van der Waals surface area contributed by atoms with Crippen molar-refractivity contribution in [3.63, 3.8) is 0 Å². The summed E-state index contributed by atoms with van der Waals surface area (Å²) in [5, 5.41) is 6.82. The lowest BCUT2D eigenvalue weighted by molar-refractivity contribution is -0.119. The number of amides is 1. The first kappa shape index (κ1) is 17.5. The Balaban J connectivity index is 1.96. The van der Waals surface area contributed by atoms with Gasteiger partial charge in [0.25, 0.3) is 5.91 Å². The molecule has 0 bridgehead atoms. The fourth-order valence-electron chi connectivity index (χ4n) is 2.14.